The van der Waals surface area contributed by atoms with Crippen molar-refractivity contribution in [2.45, 2.75) is 51.6 Å². The number of rotatable bonds is 6. The predicted octanol–water partition coefficient (Wildman–Crippen LogP) is 3.00. The van der Waals surface area contributed by atoms with E-state index >= 15 is 0 Å². The number of hydrogen-bond acceptors (Lipinski definition) is 3. The van der Waals surface area contributed by atoms with Gasteiger partial charge in [-0.1, -0.05) is 19.8 Å². The van der Waals surface area contributed by atoms with Gasteiger partial charge in [-0.05, 0) is 44.1 Å². The molecule has 0 amide bonds. The van der Waals surface area contributed by atoms with Crippen molar-refractivity contribution in [3.05, 3.63) is 11.9 Å². The van der Waals surface area contributed by atoms with Crippen molar-refractivity contribution in [3.8, 4) is 5.75 Å². The number of nitrogens with one attached hydrogen (secondary N) is 1. The van der Waals surface area contributed by atoms with E-state index in [1.807, 2.05) is 6.20 Å². The van der Waals surface area contributed by atoms with Crippen LogP contribution in [0, 0.1) is 17.8 Å². The highest BCUT2D eigenvalue weighted by molar-refractivity contribution is 5.31. The smallest absolute Gasteiger partial charge is 0.161 e. The first-order valence-electron chi connectivity index (χ1n) is 8.08. The second kappa shape index (κ2) is 5.76. The Labute approximate surface area is 121 Å². The predicted molar refractivity (Wildman–Crippen MR) is 79.8 cm³/mol. The minimum absolute atomic E-state index is 0.395. The number of methoxy groups -OCH3 is 1. The third-order valence-electron chi connectivity index (χ3n) is 5.21. The zero-order valence-electron chi connectivity index (χ0n) is 12.9. The summed E-state index contributed by atoms with van der Waals surface area (Å²) in [6, 6.07) is 0.395. The monoisotopic (exact) mass is 277 g/mol. The van der Waals surface area contributed by atoms with E-state index in [0.29, 0.717) is 6.04 Å². The Morgan fingerprint density at radius 3 is 2.65 bits per heavy atom. The van der Waals surface area contributed by atoms with Crippen LogP contribution < -0.4 is 10.1 Å². The minimum atomic E-state index is 0.395. The topological polar surface area (TPSA) is 39.1 Å². The Bertz CT molecular complexity index is 445. The molecule has 1 N–H and O–H groups in total. The van der Waals surface area contributed by atoms with Gasteiger partial charge in [-0.3, -0.25) is 4.68 Å². The van der Waals surface area contributed by atoms with E-state index in [2.05, 4.69) is 29.1 Å². The summed E-state index contributed by atoms with van der Waals surface area (Å²) in [5.74, 6) is 3.58. The molecule has 20 heavy (non-hydrogen) atoms. The van der Waals surface area contributed by atoms with Gasteiger partial charge >= 0.3 is 0 Å². The van der Waals surface area contributed by atoms with Crippen molar-refractivity contribution in [2.24, 2.45) is 17.8 Å². The average molecular weight is 277 g/mol. The highest BCUT2D eigenvalue weighted by Gasteiger charge is 2.55. The van der Waals surface area contributed by atoms with E-state index < -0.39 is 0 Å². The fourth-order valence-electron chi connectivity index (χ4n) is 4.29. The normalized spacial score (nSPS) is 29.9. The number of nitrogens with zero attached hydrogens (tertiary/aromatic N) is 2. The molecular weight excluding hydrogens is 250 g/mol. The molecule has 0 saturated heterocycles. The van der Waals surface area contributed by atoms with E-state index in [-0.39, 0.29) is 0 Å². The number of aromatic nitrogens is 2. The third kappa shape index (κ3) is 2.24. The molecule has 1 aromatic heterocycles. The third-order valence-corrected chi connectivity index (χ3v) is 5.21. The van der Waals surface area contributed by atoms with E-state index in [4.69, 9.17) is 4.74 Å². The van der Waals surface area contributed by atoms with E-state index in [9.17, 15) is 0 Å². The van der Waals surface area contributed by atoms with Gasteiger partial charge in [-0.15, -0.1) is 0 Å². The molecule has 3 unspecified atom stereocenters. The first kappa shape index (κ1) is 13.9. The van der Waals surface area contributed by atoms with Gasteiger partial charge in [0.1, 0.15) is 0 Å². The molecule has 2 saturated carbocycles. The Hall–Kier alpha value is -1.03. The standard InChI is InChI=1S/C16H27N3O/c1-4-9-19-16(13(20-3)10-18-19)15(17-2)14-11-7-5-6-8-12(11)14/h10-12,14-15,17H,4-9H2,1-3H3. The maximum atomic E-state index is 5.56. The van der Waals surface area contributed by atoms with Crippen LogP contribution in [-0.2, 0) is 6.54 Å². The molecule has 2 aliphatic rings. The van der Waals surface area contributed by atoms with Crippen molar-refractivity contribution >= 4 is 0 Å². The van der Waals surface area contributed by atoms with Crippen molar-refractivity contribution < 1.29 is 4.74 Å². The van der Waals surface area contributed by atoms with Crippen LogP contribution in [0.2, 0.25) is 0 Å². The van der Waals surface area contributed by atoms with Crippen LogP contribution >= 0.6 is 0 Å². The maximum Gasteiger partial charge on any atom is 0.161 e. The van der Waals surface area contributed by atoms with Gasteiger partial charge in [0.2, 0.25) is 0 Å². The molecule has 0 aliphatic heterocycles. The largest absolute Gasteiger partial charge is 0.493 e. The second-order valence-electron chi connectivity index (χ2n) is 6.28. The van der Waals surface area contributed by atoms with Gasteiger partial charge in [-0.2, -0.15) is 5.10 Å². The number of ether oxygens (including phenoxy) is 1. The summed E-state index contributed by atoms with van der Waals surface area (Å²) in [4.78, 5) is 0. The summed E-state index contributed by atoms with van der Waals surface area (Å²) < 4.78 is 7.71. The molecule has 0 spiro atoms. The average Bonchev–Trinajstić information content (AvgIpc) is 3.06. The highest BCUT2D eigenvalue weighted by atomic mass is 16.5. The molecule has 4 nitrogen and oxygen atoms in total. The van der Waals surface area contributed by atoms with Gasteiger partial charge in [0.05, 0.1) is 25.0 Å². The van der Waals surface area contributed by atoms with Crippen molar-refractivity contribution in [1.29, 1.82) is 0 Å². The zero-order valence-corrected chi connectivity index (χ0v) is 12.9. The molecule has 0 aromatic carbocycles. The summed E-state index contributed by atoms with van der Waals surface area (Å²) >= 11 is 0. The van der Waals surface area contributed by atoms with Crippen LogP contribution in [0.15, 0.2) is 6.20 Å². The van der Waals surface area contributed by atoms with E-state index in [1.54, 1.807) is 7.11 Å². The van der Waals surface area contributed by atoms with Crippen LogP contribution in [0.4, 0.5) is 0 Å². The van der Waals surface area contributed by atoms with Crippen LogP contribution in [0.25, 0.3) is 0 Å². The molecule has 1 heterocycles. The quantitative estimate of drug-likeness (QED) is 0.869. The Morgan fingerprint density at radius 2 is 2.10 bits per heavy atom. The summed E-state index contributed by atoms with van der Waals surface area (Å²) in [7, 11) is 3.83. The molecule has 0 radical (unpaired) electrons. The SMILES string of the molecule is CCCn1ncc(OC)c1C(NC)C1C2CCCCC21. The minimum Gasteiger partial charge on any atom is -0.493 e. The Morgan fingerprint density at radius 1 is 1.40 bits per heavy atom. The van der Waals surface area contributed by atoms with Gasteiger partial charge in [-0.25, -0.2) is 0 Å². The summed E-state index contributed by atoms with van der Waals surface area (Å²) in [6.07, 6.45) is 8.64. The second-order valence-corrected chi connectivity index (χ2v) is 6.28. The molecule has 0 bridgehead atoms. The first-order chi connectivity index (χ1) is 9.81. The molecule has 3 rings (SSSR count). The lowest BCUT2D eigenvalue weighted by Gasteiger charge is -2.20. The highest BCUT2D eigenvalue weighted by Crippen LogP contribution is 2.60. The molecule has 4 heteroatoms. The number of aryl methyl sites for hydroxylation is 1. The first-order valence-corrected chi connectivity index (χ1v) is 8.08. The van der Waals surface area contributed by atoms with Gasteiger partial charge < -0.3 is 10.1 Å². The van der Waals surface area contributed by atoms with Crippen molar-refractivity contribution in [2.75, 3.05) is 14.2 Å². The van der Waals surface area contributed by atoms with Gasteiger partial charge in [0, 0.05) is 6.54 Å². The number of fused-ring (bicyclic) bond motifs is 1. The lowest BCUT2D eigenvalue weighted by atomic mass is 10.0. The Balaban J connectivity index is 1.87. The lowest BCUT2D eigenvalue weighted by molar-refractivity contribution is 0.376. The number of hydrogen-bond donors (Lipinski definition) is 1. The fourth-order valence-corrected chi connectivity index (χ4v) is 4.29. The summed E-state index contributed by atoms with van der Waals surface area (Å²) in [5, 5.41) is 8.08. The van der Waals surface area contributed by atoms with Gasteiger partial charge in [0.25, 0.3) is 0 Å². The van der Waals surface area contributed by atoms with Crippen molar-refractivity contribution in [3.63, 3.8) is 0 Å². The fraction of sp³-hybridized carbons (Fsp3) is 0.812. The molecule has 2 aliphatic carbocycles. The van der Waals surface area contributed by atoms with Gasteiger partial charge in [0.15, 0.2) is 5.75 Å². The van der Waals surface area contributed by atoms with Crippen LogP contribution in [-0.4, -0.2) is 23.9 Å². The van der Waals surface area contributed by atoms with Crippen molar-refractivity contribution in [1.82, 2.24) is 15.1 Å². The van der Waals surface area contributed by atoms with Crippen LogP contribution in [0.3, 0.4) is 0 Å². The molecule has 2 fully saturated rings. The summed E-state index contributed by atoms with van der Waals surface area (Å²) in [6.45, 7) is 3.17. The molecule has 3 atom stereocenters. The summed E-state index contributed by atoms with van der Waals surface area (Å²) in [5.41, 5.74) is 1.26. The molecule has 1 aromatic rings. The zero-order chi connectivity index (χ0) is 14.1. The van der Waals surface area contributed by atoms with Crippen LogP contribution in [0.1, 0.15) is 50.8 Å². The van der Waals surface area contributed by atoms with E-state index in [0.717, 1.165) is 36.5 Å². The molecular formula is C16H27N3O. The Kier molecular flexibility index (Phi) is 4.01. The van der Waals surface area contributed by atoms with Crippen LogP contribution in [0.5, 0.6) is 5.75 Å². The van der Waals surface area contributed by atoms with E-state index in [1.165, 1.54) is 31.4 Å². The molecule has 112 valence electrons. The lowest BCUT2D eigenvalue weighted by Crippen LogP contribution is -2.24. The maximum absolute atomic E-state index is 5.56.